The van der Waals surface area contributed by atoms with Crippen molar-refractivity contribution in [1.82, 2.24) is 10.2 Å². The van der Waals surface area contributed by atoms with Crippen molar-refractivity contribution in [3.05, 3.63) is 35.4 Å². The summed E-state index contributed by atoms with van der Waals surface area (Å²) in [5, 5.41) is 2.69. The molecule has 0 bridgehead atoms. The Morgan fingerprint density at radius 3 is 2.54 bits per heavy atom. The molecule has 0 aliphatic carbocycles. The van der Waals surface area contributed by atoms with Gasteiger partial charge in [0.1, 0.15) is 5.60 Å². The minimum absolute atomic E-state index is 0. The van der Waals surface area contributed by atoms with E-state index in [1.165, 1.54) is 12.1 Å². The second-order valence-electron chi connectivity index (χ2n) is 6.22. The van der Waals surface area contributed by atoms with Crippen LogP contribution < -0.4 is 5.32 Å². The Morgan fingerprint density at radius 2 is 1.96 bits per heavy atom. The molecule has 2 aliphatic heterocycles. The summed E-state index contributed by atoms with van der Waals surface area (Å²) in [6, 6.07) is 5.49. The Morgan fingerprint density at radius 1 is 1.25 bits per heavy atom. The van der Waals surface area contributed by atoms with Crippen LogP contribution >= 0.6 is 12.4 Å². The second-order valence-corrected chi connectivity index (χ2v) is 6.22. The van der Waals surface area contributed by atoms with E-state index in [2.05, 4.69) is 10.2 Å². The van der Waals surface area contributed by atoms with Crippen LogP contribution in [0.25, 0.3) is 0 Å². The number of nitrogens with zero attached hydrogens (tertiary/aromatic N) is 1. The zero-order valence-electron chi connectivity index (χ0n) is 13.1. The fraction of sp³-hybridized carbons (Fsp3) is 0.562. The van der Waals surface area contributed by atoms with Crippen molar-refractivity contribution in [2.24, 2.45) is 0 Å². The molecule has 0 unspecified atom stereocenters. The number of ether oxygens (including phenoxy) is 1. The second kappa shape index (κ2) is 7.19. The van der Waals surface area contributed by atoms with Gasteiger partial charge < -0.3 is 15.0 Å². The number of piperidine rings is 1. The van der Waals surface area contributed by atoms with Gasteiger partial charge in [0.05, 0.1) is 12.1 Å². The zero-order chi connectivity index (χ0) is 16.5. The van der Waals surface area contributed by atoms with E-state index in [9.17, 15) is 18.0 Å². The number of nitrogens with one attached hydrogen (secondary N) is 1. The highest BCUT2D eigenvalue weighted by atomic mass is 35.5. The monoisotopic (exact) mass is 364 g/mol. The van der Waals surface area contributed by atoms with Gasteiger partial charge in [-0.15, -0.1) is 12.4 Å². The number of carbonyl (C=O) groups is 1. The Bertz CT molecular complexity index is 587. The van der Waals surface area contributed by atoms with Crippen LogP contribution in [0.1, 0.15) is 24.0 Å². The number of amides is 1. The third-order valence-corrected chi connectivity index (χ3v) is 4.60. The number of likely N-dealkylation sites (tertiary alicyclic amines) is 1. The van der Waals surface area contributed by atoms with Gasteiger partial charge in [0.15, 0.2) is 0 Å². The number of halogens is 4. The summed E-state index contributed by atoms with van der Waals surface area (Å²) in [6.07, 6.45) is -2.56. The van der Waals surface area contributed by atoms with Crippen molar-refractivity contribution in [2.45, 2.75) is 31.0 Å². The van der Waals surface area contributed by atoms with Crippen LogP contribution in [0.5, 0.6) is 0 Å². The topological polar surface area (TPSA) is 41.6 Å². The number of hydrogen-bond acceptors (Lipinski definition) is 3. The molecule has 8 heteroatoms. The van der Waals surface area contributed by atoms with E-state index in [0.29, 0.717) is 25.1 Å². The molecule has 1 spiro atoms. The largest absolute Gasteiger partial charge is 0.441 e. The minimum Gasteiger partial charge on any atom is -0.441 e. The molecule has 1 N–H and O–H groups in total. The molecule has 24 heavy (non-hydrogen) atoms. The van der Waals surface area contributed by atoms with Crippen LogP contribution in [0.15, 0.2) is 24.3 Å². The minimum atomic E-state index is -4.30. The molecule has 4 nitrogen and oxygen atoms in total. The third kappa shape index (κ3) is 4.33. The molecule has 0 saturated carbocycles. The SMILES string of the molecule is Cl.O=C1NCC2(CCN(CCc3cccc(C(F)(F)F)c3)CC2)O1. The molecule has 1 aromatic rings. The van der Waals surface area contributed by atoms with Crippen LogP contribution in [0.3, 0.4) is 0 Å². The van der Waals surface area contributed by atoms with Crippen LogP contribution in [0, 0.1) is 0 Å². The zero-order valence-corrected chi connectivity index (χ0v) is 13.9. The van der Waals surface area contributed by atoms with Gasteiger partial charge in [-0.05, 0) is 18.1 Å². The summed E-state index contributed by atoms with van der Waals surface area (Å²) in [4.78, 5) is 13.4. The number of benzene rings is 1. The number of rotatable bonds is 3. The average Bonchev–Trinajstić information content (AvgIpc) is 2.87. The summed E-state index contributed by atoms with van der Waals surface area (Å²) in [7, 11) is 0. The molecule has 2 heterocycles. The van der Waals surface area contributed by atoms with E-state index in [0.717, 1.165) is 32.0 Å². The van der Waals surface area contributed by atoms with Crippen molar-refractivity contribution < 1.29 is 22.7 Å². The molecule has 1 amide bonds. The summed E-state index contributed by atoms with van der Waals surface area (Å²) in [5.41, 5.74) is -0.297. The number of carbonyl (C=O) groups excluding carboxylic acids is 1. The molecular weight excluding hydrogens is 345 g/mol. The van der Waals surface area contributed by atoms with Crippen molar-refractivity contribution in [3.63, 3.8) is 0 Å². The summed E-state index contributed by atoms with van der Waals surface area (Å²) in [6.45, 7) is 2.83. The highest BCUT2D eigenvalue weighted by molar-refractivity contribution is 5.85. The van der Waals surface area contributed by atoms with E-state index in [1.54, 1.807) is 6.07 Å². The van der Waals surface area contributed by atoms with Crippen LogP contribution in [0.4, 0.5) is 18.0 Å². The van der Waals surface area contributed by atoms with Gasteiger partial charge in [-0.3, -0.25) is 0 Å². The van der Waals surface area contributed by atoms with E-state index in [1.807, 2.05) is 0 Å². The molecule has 134 valence electrons. The molecule has 2 saturated heterocycles. The van der Waals surface area contributed by atoms with Crippen LogP contribution in [-0.2, 0) is 17.3 Å². The van der Waals surface area contributed by atoms with Gasteiger partial charge in [-0.2, -0.15) is 13.2 Å². The Hall–Kier alpha value is -1.47. The van der Waals surface area contributed by atoms with Gasteiger partial charge in [0.2, 0.25) is 0 Å². The van der Waals surface area contributed by atoms with E-state index in [-0.39, 0.29) is 24.1 Å². The maximum absolute atomic E-state index is 12.7. The average molecular weight is 365 g/mol. The van der Waals surface area contributed by atoms with Crippen molar-refractivity contribution in [2.75, 3.05) is 26.2 Å². The van der Waals surface area contributed by atoms with Crippen molar-refractivity contribution in [3.8, 4) is 0 Å². The fourth-order valence-electron chi connectivity index (χ4n) is 3.16. The maximum atomic E-state index is 12.7. The lowest BCUT2D eigenvalue weighted by atomic mass is 9.91. The third-order valence-electron chi connectivity index (χ3n) is 4.60. The quantitative estimate of drug-likeness (QED) is 0.895. The lowest BCUT2D eigenvalue weighted by Gasteiger charge is -2.37. The lowest BCUT2D eigenvalue weighted by molar-refractivity contribution is -0.137. The predicted molar refractivity (Wildman–Crippen MR) is 85.3 cm³/mol. The van der Waals surface area contributed by atoms with Gasteiger partial charge in [0.25, 0.3) is 0 Å². The number of hydrogen-bond donors (Lipinski definition) is 1. The molecule has 0 aromatic heterocycles. The first-order chi connectivity index (χ1) is 10.9. The van der Waals surface area contributed by atoms with Crippen LogP contribution in [-0.4, -0.2) is 42.8 Å². The number of alkyl carbamates (subject to hydrolysis) is 1. The van der Waals surface area contributed by atoms with Gasteiger partial charge >= 0.3 is 12.3 Å². The smallest absolute Gasteiger partial charge is 0.416 e. The highest BCUT2D eigenvalue weighted by Gasteiger charge is 2.42. The lowest BCUT2D eigenvalue weighted by Crippen LogP contribution is -2.47. The Balaban J connectivity index is 0.00000208. The van der Waals surface area contributed by atoms with Crippen molar-refractivity contribution >= 4 is 18.5 Å². The normalized spacial score (nSPS) is 20.4. The van der Waals surface area contributed by atoms with E-state index in [4.69, 9.17) is 4.74 Å². The molecule has 0 atom stereocenters. The van der Waals surface area contributed by atoms with Crippen molar-refractivity contribution in [1.29, 1.82) is 0 Å². The first kappa shape index (κ1) is 18.9. The van der Waals surface area contributed by atoms with Gasteiger partial charge in [-0.25, -0.2) is 4.79 Å². The molecule has 3 rings (SSSR count). The summed E-state index contributed by atoms with van der Waals surface area (Å²) < 4.78 is 43.5. The first-order valence-electron chi connectivity index (χ1n) is 7.72. The first-order valence-corrected chi connectivity index (χ1v) is 7.72. The summed E-state index contributed by atoms with van der Waals surface area (Å²) in [5.74, 6) is 0. The predicted octanol–water partition coefficient (Wildman–Crippen LogP) is 3.24. The highest BCUT2D eigenvalue weighted by Crippen LogP contribution is 2.31. The van der Waals surface area contributed by atoms with E-state index >= 15 is 0 Å². The maximum Gasteiger partial charge on any atom is 0.416 e. The van der Waals surface area contributed by atoms with Crippen LogP contribution in [0.2, 0.25) is 0 Å². The summed E-state index contributed by atoms with van der Waals surface area (Å²) >= 11 is 0. The molecule has 0 radical (unpaired) electrons. The fourth-order valence-corrected chi connectivity index (χ4v) is 3.16. The molecule has 1 aromatic carbocycles. The Kier molecular flexibility index (Phi) is 5.65. The van der Waals surface area contributed by atoms with Gasteiger partial charge in [-0.1, -0.05) is 18.2 Å². The standard InChI is InChI=1S/C16H19F3N2O2.ClH/c17-16(18,19)13-3-1-2-12(10-13)4-7-21-8-5-15(6-9-21)11-20-14(22)23-15;/h1-3,10H,4-9,11H2,(H,20,22);1H. The molecule has 2 aliphatic rings. The van der Waals surface area contributed by atoms with E-state index < -0.39 is 11.7 Å². The molecule has 2 fully saturated rings. The Labute approximate surface area is 144 Å². The number of alkyl halides is 3. The van der Waals surface area contributed by atoms with Gasteiger partial charge in [0, 0.05) is 32.5 Å². The molecular formula is C16H20ClF3N2O2.